The van der Waals surface area contributed by atoms with Crippen LogP contribution in [0.15, 0.2) is 30.5 Å². The molecule has 2 aromatic heterocycles. The highest BCUT2D eigenvalue weighted by molar-refractivity contribution is 6.08. The Morgan fingerprint density at radius 1 is 1.00 bits per heavy atom. The average molecular weight is 515 g/mol. The Morgan fingerprint density at radius 3 is 2.14 bits per heavy atom. The normalized spacial score (nSPS) is 11.8. The van der Waals surface area contributed by atoms with Crippen LogP contribution < -0.4 is 4.90 Å². The summed E-state index contributed by atoms with van der Waals surface area (Å²) >= 11 is 0. The van der Waals surface area contributed by atoms with Crippen molar-refractivity contribution in [3.63, 3.8) is 0 Å². The number of fused-ring (bicyclic) bond motifs is 1. The van der Waals surface area contributed by atoms with E-state index >= 15 is 4.39 Å². The largest absolute Gasteiger partial charge is 0.462 e. The summed E-state index contributed by atoms with van der Waals surface area (Å²) in [6.07, 6.45) is -0.532. The molecule has 0 aliphatic carbocycles. The summed E-state index contributed by atoms with van der Waals surface area (Å²) < 4.78 is 32.4. The maximum atomic E-state index is 15.4. The topological polar surface area (TPSA) is 112 Å². The summed E-state index contributed by atoms with van der Waals surface area (Å²) in [6, 6.07) is 6.25. The number of aromatic nitrogens is 3. The van der Waals surface area contributed by atoms with Crippen LogP contribution >= 0.6 is 0 Å². The van der Waals surface area contributed by atoms with Gasteiger partial charge in [-0.1, -0.05) is 12.1 Å². The fourth-order valence-electron chi connectivity index (χ4n) is 3.33. The van der Waals surface area contributed by atoms with Gasteiger partial charge in [0.2, 0.25) is 0 Å². The molecule has 0 radical (unpaired) electrons. The van der Waals surface area contributed by atoms with Crippen LogP contribution in [0.5, 0.6) is 0 Å². The van der Waals surface area contributed by atoms with Crippen LogP contribution in [0.2, 0.25) is 0 Å². The lowest BCUT2D eigenvalue weighted by Gasteiger charge is -2.26. The maximum absolute atomic E-state index is 15.4. The van der Waals surface area contributed by atoms with Gasteiger partial charge in [-0.2, -0.15) is 4.98 Å². The molecule has 11 heteroatoms. The number of pyridine rings is 1. The number of aryl methyl sites for hydroxylation is 1. The first-order chi connectivity index (χ1) is 17.1. The second-order valence-corrected chi connectivity index (χ2v) is 10.3. The highest BCUT2D eigenvalue weighted by atomic mass is 19.1. The predicted octanol–water partition coefficient (Wildman–Crippen LogP) is 5.70. The van der Waals surface area contributed by atoms with E-state index in [9.17, 15) is 14.4 Å². The molecule has 0 atom stereocenters. The van der Waals surface area contributed by atoms with Crippen LogP contribution in [0.3, 0.4) is 0 Å². The molecule has 0 N–H and O–H groups in total. The number of rotatable bonds is 4. The van der Waals surface area contributed by atoms with Gasteiger partial charge in [0.05, 0.1) is 12.2 Å². The van der Waals surface area contributed by atoms with E-state index in [2.05, 4.69) is 10.1 Å². The fourth-order valence-corrected chi connectivity index (χ4v) is 3.33. The molecule has 1 aromatic carbocycles. The molecular weight excluding hydrogens is 483 g/mol. The van der Waals surface area contributed by atoms with Crippen LogP contribution in [0.25, 0.3) is 16.8 Å². The molecule has 0 spiro atoms. The number of nitrogens with zero attached hydrogens (tertiary/aromatic N) is 4. The van der Waals surface area contributed by atoms with Gasteiger partial charge in [-0.15, -0.1) is 10.00 Å². The molecule has 0 saturated carbocycles. The minimum atomic E-state index is -1.01. The Hall–Kier alpha value is -4.02. The molecule has 10 nitrogen and oxygen atoms in total. The van der Waals surface area contributed by atoms with Gasteiger partial charge in [0.1, 0.15) is 17.0 Å². The van der Waals surface area contributed by atoms with Gasteiger partial charge in [-0.3, -0.25) is 0 Å². The maximum Gasteiger partial charge on any atom is 0.427 e. The number of halogens is 1. The predicted molar refractivity (Wildman–Crippen MR) is 134 cm³/mol. The second kappa shape index (κ2) is 10.2. The molecule has 3 aromatic rings. The number of hydrogen-bond acceptors (Lipinski definition) is 8. The number of hydrogen-bond donors (Lipinski definition) is 0. The number of amides is 2. The Labute approximate surface area is 214 Å². The van der Waals surface area contributed by atoms with E-state index in [1.165, 1.54) is 16.8 Å². The lowest BCUT2D eigenvalue weighted by Crippen LogP contribution is -2.44. The zero-order chi connectivity index (χ0) is 27.7. The smallest absolute Gasteiger partial charge is 0.427 e. The quantitative estimate of drug-likeness (QED) is 0.322. The van der Waals surface area contributed by atoms with Crippen molar-refractivity contribution in [2.45, 2.75) is 66.6 Å². The lowest BCUT2D eigenvalue weighted by atomic mass is 9.99. The molecule has 0 aliphatic rings. The van der Waals surface area contributed by atoms with Gasteiger partial charge in [-0.25, -0.2) is 23.3 Å². The second-order valence-electron chi connectivity index (χ2n) is 10.3. The third-order valence-electron chi connectivity index (χ3n) is 4.82. The van der Waals surface area contributed by atoms with Gasteiger partial charge in [0.15, 0.2) is 5.65 Å². The molecule has 0 unspecified atom stereocenters. The Morgan fingerprint density at radius 2 is 1.59 bits per heavy atom. The number of esters is 1. The van der Waals surface area contributed by atoms with Gasteiger partial charge in [0.25, 0.3) is 5.95 Å². The fraction of sp³-hybridized carbons (Fsp3) is 0.423. The van der Waals surface area contributed by atoms with Crippen LogP contribution in [-0.2, 0) is 14.2 Å². The van der Waals surface area contributed by atoms with Crippen molar-refractivity contribution in [1.29, 1.82) is 0 Å². The van der Waals surface area contributed by atoms with Crippen LogP contribution in [0, 0.1) is 12.7 Å². The van der Waals surface area contributed by atoms with Crippen molar-refractivity contribution in [3.8, 4) is 11.1 Å². The lowest BCUT2D eigenvalue weighted by molar-refractivity contribution is 0.0425. The Kier molecular flexibility index (Phi) is 7.56. The molecule has 3 rings (SSSR count). The monoisotopic (exact) mass is 514 g/mol. The molecule has 37 heavy (non-hydrogen) atoms. The third-order valence-corrected chi connectivity index (χ3v) is 4.82. The zero-order valence-corrected chi connectivity index (χ0v) is 22.2. The summed E-state index contributed by atoms with van der Waals surface area (Å²) in [5.41, 5.74) is -0.750. The van der Waals surface area contributed by atoms with Gasteiger partial charge in [-0.05, 0) is 78.6 Å². The van der Waals surface area contributed by atoms with Crippen molar-refractivity contribution < 1.29 is 33.0 Å². The molecular formula is C26H31FN4O6. The average Bonchev–Trinajstić information content (AvgIpc) is 3.14. The number of carbonyl (C=O) groups is 3. The van der Waals surface area contributed by atoms with Crippen LogP contribution in [-0.4, -0.2) is 50.6 Å². The summed E-state index contributed by atoms with van der Waals surface area (Å²) in [4.78, 5) is 43.0. The van der Waals surface area contributed by atoms with Gasteiger partial charge < -0.3 is 14.2 Å². The zero-order valence-electron chi connectivity index (χ0n) is 22.2. The SMILES string of the molecule is CCOC(=O)c1c(C)ccc(-c2ccn3nc(N(C(=O)OC(C)(C)C)C(=O)OC(C)(C)C)nc3c2)c1F. The van der Waals surface area contributed by atoms with E-state index in [4.69, 9.17) is 14.2 Å². The third kappa shape index (κ3) is 6.41. The minimum Gasteiger partial charge on any atom is -0.462 e. The first-order valence-electron chi connectivity index (χ1n) is 11.7. The minimum absolute atomic E-state index is 0.113. The van der Waals surface area contributed by atoms with E-state index in [-0.39, 0.29) is 29.3 Å². The number of imide groups is 1. The molecule has 0 fully saturated rings. The molecule has 0 bridgehead atoms. The first-order valence-corrected chi connectivity index (χ1v) is 11.7. The van der Waals surface area contributed by atoms with E-state index in [1.54, 1.807) is 73.6 Å². The number of ether oxygens (including phenoxy) is 3. The summed E-state index contributed by atoms with van der Waals surface area (Å²) in [6.45, 7) is 13.3. The van der Waals surface area contributed by atoms with E-state index in [0.717, 1.165) is 0 Å². The molecule has 0 saturated heterocycles. The highest BCUT2D eigenvalue weighted by Gasteiger charge is 2.35. The standard InChI is InChI=1S/C26H31FN4O6/c1-9-35-21(32)19-15(2)10-11-17(20(19)27)16-12-13-30-18(14-16)28-22(29-30)31(23(33)36-25(3,4)5)24(34)37-26(6,7)8/h10-14H,9H2,1-8H3. The number of benzene rings is 1. The Balaban J connectivity index is 2.07. The van der Waals surface area contributed by atoms with E-state index < -0.39 is 35.2 Å². The first kappa shape index (κ1) is 27.6. The van der Waals surface area contributed by atoms with Crippen LogP contribution in [0.4, 0.5) is 19.9 Å². The molecule has 2 heterocycles. The van der Waals surface area contributed by atoms with Crippen molar-refractivity contribution in [2.24, 2.45) is 0 Å². The van der Waals surface area contributed by atoms with Crippen molar-refractivity contribution in [2.75, 3.05) is 11.5 Å². The highest BCUT2D eigenvalue weighted by Crippen LogP contribution is 2.29. The number of carbonyl (C=O) groups excluding carboxylic acids is 3. The number of anilines is 1. The summed E-state index contributed by atoms with van der Waals surface area (Å²) in [7, 11) is 0. The summed E-state index contributed by atoms with van der Waals surface area (Å²) in [5.74, 6) is -1.76. The van der Waals surface area contributed by atoms with Crippen molar-refractivity contribution in [1.82, 2.24) is 14.6 Å². The van der Waals surface area contributed by atoms with E-state index in [0.29, 0.717) is 16.0 Å². The molecule has 2 amide bonds. The van der Waals surface area contributed by atoms with Crippen molar-refractivity contribution >= 4 is 29.8 Å². The van der Waals surface area contributed by atoms with Crippen molar-refractivity contribution in [3.05, 3.63) is 47.4 Å². The molecule has 0 aliphatic heterocycles. The summed E-state index contributed by atoms with van der Waals surface area (Å²) in [5, 5.41) is 4.22. The Bertz CT molecular complexity index is 1330. The van der Waals surface area contributed by atoms with Gasteiger partial charge in [0, 0.05) is 11.8 Å². The van der Waals surface area contributed by atoms with E-state index in [1.807, 2.05) is 0 Å². The van der Waals surface area contributed by atoms with Crippen LogP contribution in [0.1, 0.15) is 64.4 Å². The van der Waals surface area contributed by atoms with Gasteiger partial charge >= 0.3 is 18.2 Å². The molecule has 198 valence electrons.